The van der Waals surface area contributed by atoms with Crippen LogP contribution in [0, 0.1) is 15.6 Å². The Morgan fingerprint density at radius 3 is 1.00 bits per heavy atom. The molecule has 0 radical (unpaired) electrons. The molecule has 0 aliphatic heterocycles. The van der Waals surface area contributed by atoms with E-state index in [-0.39, 0.29) is 16.8 Å². The van der Waals surface area contributed by atoms with Gasteiger partial charge < -0.3 is 31.1 Å². The van der Waals surface area contributed by atoms with E-state index in [1.807, 2.05) is 0 Å². The fraction of sp³-hybridized carbons (Fsp3) is 0. The van der Waals surface area contributed by atoms with Crippen LogP contribution in [-0.4, -0.2) is 33.6 Å². The minimum atomic E-state index is 0. The molecule has 0 aromatic carbocycles. The fourth-order valence-electron chi connectivity index (χ4n) is 1.52. The maximum Gasteiger partial charge on any atom is 3.00 e. The van der Waals surface area contributed by atoms with Crippen molar-refractivity contribution in [3.05, 3.63) is 106 Å². The Bertz CT molecular complexity index is 706. The molecule has 3 heterocycles. The summed E-state index contributed by atoms with van der Waals surface area (Å²) in [5.74, 6) is 0. The quantitative estimate of drug-likeness (QED) is 0.469. The second-order valence-electron chi connectivity index (χ2n) is 4.47. The van der Waals surface area contributed by atoms with E-state index in [9.17, 15) is 15.6 Å². The number of hydrogen-bond acceptors (Lipinski definition) is 9. The molecular weight excluding hydrogens is 407 g/mol. The number of hydrogen-bond donors (Lipinski definition) is 0. The van der Waals surface area contributed by atoms with Crippen molar-refractivity contribution in [2.75, 3.05) is 0 Å². The van der Waals surface area contributed by atoms with Gasteiger partial charge in [0.15, 0.2) is 0 Å². The molecule has 144 valence electrons. The third-order valence-corrected chi connectivity index (χ3v) is 2.62. The van der Waals surface area contributed by atoms with Gasteiger partial charge in [0.25, 0.3) is 0 Å². The SMILES string of the molecule is [Co+3].[O-]N=Cc1ccccn1.[O-]N=Cc1ccccn1.[O-]N=Cc1ccccn1. The van der Waals surface area contributed by atoms with Crippen LogP contribution in [0.15, 0.2) is 88.7 Å². The van der Waals surface area contributed by atoms with Crippen LogP contribution < -0.4 is 0 Å². The Hall–Kier alpha value is -3.63. The van der Waals surface area contributed by atoms with Crippen LogP contribution in [0.25, 0.3) is 0 Å². The van der Waals surface area contributed by atoms with E-state index in [1.54, 1.807) is 73.2 Å². The Morgan fingerprint density at radius 2 is 0.821 bits per heavy atom. The summed E-state index contributed by atoms with van der Waals surface area (Å²) in [5, 5.41) is 36.6. The molecule has 0 atom stereocenters. The number of pyridine rings is 3. The van der Waals surface area contributed by atoms with Gasteiger partial charge in [0, 0.05) is 37.2 Å². The van der Waals surface area contributed by atoms with E-state index in [4.69, 9.17) is 0 Å². The van der Waals surface area contributed by atoms with Crippen LogP contribution in [0.2, 0.25) is 0 Å². The van der Waals surface area contributed by atoms with Gasteiger partial charge in [-0.1, -0.05) is 18.2 Å². The zero-order chi connectivity index (χ0) is 19.6. The molecule has 3 rings (SSSR count). The maximum atomic E-state index is 9.63. The summed E-state index contributed by atoms with van der Waals surface area (Å²) in [7, 11) is 0. The molecule has 0 amide bonds. The Labute approximate surface area is 172 Å². The molecule has 0 spiro atoms. The van der Waals surface area contributed by atoms with Crippen LogP contribution in [0.1, 0.15) is 17.1 Å². The van der Waals surface area contributed by atoms with Crippen molar-refractivity contribution in [1.29, 1.82) is 0 Å². The summed E-state index contributed by atoms with van der Waals surface area (Å²) in [6.07, 6.45) is 8.32. The third kappa shape index (κ3) is 11.8. The Kier molecular flexibility index (Phi) is 14.6. The Morgan fingerprint density at radius 1 is 0.536 bits per heavy atom. The Balaban J connectivity index is 0.000000384. The molecule has 0 aliphatic carbocycles. The largest absolute Gasteiger partial charge is 3.00 e. The van der Waals surface area contributed by atoms with Gasteiger partial charge in [-0.25, -0.2) is 0 Å². The van der Waals surface area contributed by atoms with E-state index in [0.29, 0.717) is 17.1 Å². The van der Waals surface area contributed by atoms with Gasteiger partial charge in [0.1, 0.15) is 0 Å². The molecule has 0 aliphatic rings. The minimum absolute atomic E-state index is 0. The van der Waals surface area contributed by atoms with E-state index in [0.717, 1.165) is 0 Å². The standard InChI is InChI=1S/3C6H6N2O.Co/c3*9-8-5-6-3-1-2-4-7-6;/h3*1-5,9H;/q;;;+3/p-3. The molecule has 0 fully saturated rings. The fourth-order valence-corrected chi connectivity index (χ4v) is 1.52. The molecule has 0 saturated heterocycles. The summed E-state index contributed by atoms with van der Waals surface area (Å²) < 4.78 is 0. The van der Waals surface area contributed by atoms with E-state index >= 15 is 0 Å². The van der Waals surface area contributed by atoms with E-state index in [2.05, 4.69) is 30.4 Å². The van der Waals surface area contributed by atoms with E-state index < -0.39 is 0 Å². The van der Waals surface area contributed by atoms with Crippen LogP contribution in [-0.2, 0) is 16.8 Å². The first-order valence-corrected chi connectivity index (χ1v) is 7.50. The second kappa shape index (κ2) is 16.8. The predicted molar refractivity (Wildman–Crippen MR) is 106 cm³/mol. The maximum absolute atomic E-state index is 9.63. The second-order valence-corrected chi connectivity index (χ2v) is 4.47. The molecule has 3 aromatic rings. The van der Waals surface area contributed by atoms with Crippen LogP contribution >= 0.6 is 0 Å². The molecule has 9 nitrogen and oxygen atoms in total. The van der Waals surface area contributed by atoms with Crippen molar-refractivity contribution >= 4 is 18.6 Å². The number of rotatable bonds is 3. The molecule has 3 aromatic heterocycles. The van der Waals surface area contributed by atoms with Gasteiger partial charge in [-0.2, -0.15) is 0 Å². The van der Waals surface area contributed by atoms with Crippen molar-refractivity contribution in [2.24, 2.45) is 15.5 Å². The van der Waals surface area contributed by atoms with Gasteiger partial charge in [-0.15, -0.1) is 0 Å². The van der Waals surface area contributed by atoms with Gasteiger partial charge >= 0.3 is 16.8 Å². The first-order valence-electron chi connectivity index (χ1n) is 7.50. The van der Waals surface area contributed by atoms with Crippen molar-refractivity contribution < 1.29 is 16.8 Å². The number of nitrogens with zero attached hydrogens (tertiary/aromatic N) is 6. The molecule has 0 unspecified atom stereocenters. The zero-order valence-corrected chi connectivity index (χ0v) is 15.4. The van der Waals surface area contributed by atoms with Gasteiger partial charge in [0.05, 0.1) is 17.1 Å². The van der Waals surface area contributed by atoms with Crippen molar-refractivity contribution in [3.63, 3.8) is 0 Å². The van der Waals surface area contributed by atoms with Crippen LogP contribution in [0.3, 0.4) is 0 Å². The molecule has 28 heavy (non-hydrogen) atoms. The van der Waals surface area contributed by atoms with Crippen molar-refractivity contribution in [2.45, 2.75) is 0 Å². The predicted octanol–water partition coefficient (Wildman–Crippen LogP) is 2.99. The average molecular weight is 422 g/mol. The minimum Gasteiger partial charge on any atom is -0.792 e. The van der Waals surface area contributed by atoms with Crippen molar-refractivity contribution in [1.82, 2.24) is 15.0 Å². The smallest absolute Gasteiger partial charge is 0.792 e. The van der Waals surface area contributed by atoms with Crippen molar-refractivity contribution in [3.8, 4) is 0 Å². The summed E-state index contributed by atoms with van der Waals surface area (Å²) in [6.45, 7) is 0. The monoisotopic (exact) mass is 422 g/mol. The topological polar surface area (TPSA) is 145 Å². The van der Waals surface area contributed by atoms with Gasteiger partial charge in [-0.3, -0.25) is 15.0 Å². The average Bonchev–Trinajstić information content (AvgIpc) is 2.72. The summed E-state index contributed by atoms with van der Waals surface area (Å²) in [5.41, 5.74) is 1.77. The van der Waals surface area contributed by atoms with Crippen LogP contribution in [0.5, 0.6) is 0 Å². The van der Waals surface area contributed by atoms with Gasteiger partial charge in [0.2, 0.25) is 0 Å². The number of aromatic nitrogens is 3. The summed E-state index contributed by atoms with van der Waals surface area (Å²) in [6, 6.07) is 15.9. The van der Waals surface area contributed by atoms with Gasteiger partial charge in [-0.05, 0) is 36.4 Å². The molecule has 0 saturated carbocycles. The van der Waals surface area contributed by atoms with E-state index in [1.165, 1.54) is 18.6 Å². The summed E-state index contributed by atoms with van der Waals surface area (Å²) >= 11 is 0. The first-order chi connectivity index (χ1) is 13.3. The molecule has 0 N–H and O–H groups in total. The van der Waals surface area contributed by atoms with Crippen LogP contribution in [0.4, 0.5) is 0 Å². The summed E-state index contributed by atoms with van der Waals surface area (Å²) in [4.78, 5) is 11.5. The molecule has 10 heteroatoms. The normalized spacial score (nSPS) is 9.86. The molecule has 0 bridgehead atoms. The third-order valence-electron chi connectivity index (χ3n) is 2.62. The molecular formula is C18H15CoN6O3. The zero-order valence-electron chi connectivity index (χ0n) is 14.4. The first kappa shape index (κ1) is 24.4.